The molecule has 1 aliphatic heterocycles. The van der Waals surface area contributed by atoms with E-state index in [0.29, 0.717) is 17.7 Å². The van der Waals surface area contributed by atoms with Crippen LogP contribution in [0.4, 0.5) is 0 Å². The van der Waals surface area contributed by atoms with Crippen LogP contribution in [-0.4, -0.2) is 40.6 Å². The van der Waals surface area contributed by atoms with Crippen molar-refractivity contribution in [2.45, 2.75) is 25.7 Å². The van der Waals surface area contributed by atoms with Crippen LogP contribution < -0.4 is 0 Å². The lowest BCUT2D eigenvalue weighted by molar-refractivity contribution is 0.0718. The third kappa shape index (κ3) is 3.55. The smallest absolute Gasteiger partial charge is 0.273 e. The first kappa shape index (κ1) is 13.6. The van der Waals surface area contributed by atoms with Crippen LogP contribution in [0.5, 0.6) is 0 Å². The van der Waals surface area contributed by atoms with E-state index in [1.165, 1.54) is 6.42 Å². The standard InChI is InChI=1S/C15H18N2O2/c18-12-5-2-7-13-8-6-9-16-14(13)15(19)17-10-3-1-4-11-17/h6,8-9,18H,1,3-5,10-12H2. The van der Waals surface area contributed by atoms with E-state index in [9.17, 15) is 4.79 Å². The van der Waals surface area contributed by atoms with Crippen molar-refractivity contribution in [3.63, 3.8) is 0 Å². The Kier molecular flexibility index (Phi) is 4.93. The van der Waals surface area contributed by atoms with Crippen LogP contribution in [0.3, 0.4) is 0 Å². The van der Waals surface area contributed by atoms with Gasteiger partial charge in [0.05, 0.1) is 12.2 Å². The summed E-state index contributed by atoms with van der Waals surface area (Å²) < 4.78 is 0. The van der Waals surface area contributed by atoms with Gasteiger partial charge >= 0.3 is 0 Å². The summed E-state index contributed by atoms with van der Waals surface area (Å²) in [7, 11) is 0. The number of carbonyl (C=O) groups is 1. The molecule has 0 aromatic carbocycles. The Balaban J connectivity index is 2.19. The molecule has 1 amide bonds. The molecule has 100 valence electrons. The fourth-order valence-electron chi connectivity index (χ4n) is 2.14. The highest BCUT2D eigenvalue weighted by Crippen LogP contribution is 2.14. The Bertz CT molecular complexity index is 496. The van der Waals surface area contributed by atoms with Crippen LogP contribution in [0, 0.1) is 11.8 Å². The van der Waals surface area contributed by atoms with Gasteiger partial charge in [-0.1, -0.05) is 11.8 Å². The zero-order valence-electron chi connectivity index (χ0n) is 10.9. The first-order chi connectivity index (χ1) is 9.33. The van der Waals surface area contributed by atoms with Gasteiger partial charge in [0, 0.05) is 25.7 Å². The average molecular weight is 258 g/mol. The Hall–Kier alpha value is -1.86. The second-order valence-corrected chi connectivity index (χ2v) is 4.53. The molecule has 0 spiro atoms. The number of piperidine rings is 1. The summed E-state index contributed by atoms with van der Waals surface area (Å²) in [5, 5.41) is 8.73. The summed E-state index contributed by atoms with van der Waals surface area (Å²) in [5.41, 5.74) is 1.07. The maximum absolute atomic E-state index is 12.4. The molecule has 0 radical (unpaired) electrons. The number of carbonyl (C=O) groups excluding carboxylic acids is 1. The van der Waals surface area contributed by atoms with Crippen LogP contribution in [0.2, 0.25) is 0 Å². The molecule has 2 rings (SSSR count). The molecule has 1 fully saturated rings. The van der Waals surface area contributed by atoms with E-state index >= 15 is 0 Å². The van der Waals surface area contributed by atoms with Gasteiger partial charge < -0.3 is 10.0 Å². The molecule has 1 N–H and O–H groups in total. The van der Waals surface area contributed by atoms with Gasteiger partial charge in [-0.15, -0.1) is 0 Å². The van der Waals surface area contributed by atoms with Gasteiger partial charge in [-0.25, -0.2) is 4.98 Å². The third-order valence-electron chi connectivity index (χ3n) is 3.11. The lowest BCUT2D eigenvalue weighted by Crippen LogP contribution is -2.36. The van der Waals surface area contributed by atoms with E-state index in [4.69, 9.17) is 5.11 Å². The number of likely N-dealkylation sites (tertiary alicyclic amines) is 1. The average Bonchev–Trinajstić information content (AvgIpc) is 2.48. The second kappa shape index (κ2) is 6.91. The molecular weight excluding hydrogens is 240 g/mol. The Morgan fingerprint density at radius 3 is 2.89 bits per heavy atom. The highest BCUT2D eigenvalue weighted by Gasteiger charge is 2.21. The summed E-state index contributed by atoms with van der Waals surface area (Å²) in [6.45, 7) is 1.64. The molecule has 0 saturated carbocycles. The van der Waals surface area contributed by atoms with Gasteiger partial charge in [0.2, 0.25) is 0 Å². The van der Waals surface area contributed by atoms with Gasteiger partial charge in [0.1, 0.15) is 5.69 Å². The number of aromatic nitrogens is 1. The number of aliphatic hydroxyl groups is 1. The van der Waals surface area contributed by atoms with E-state index in [-0.39, 0.29) is 12.5 Å². The zero-order valence-corrected chi connectivity index (χ0v) is 10.9. The van der Waals surface area contributed by atoms with Crippen molar-refractivity contribution in [2.75, 3.05) is 19.7 Å². The lowest BCUT2D eigenvalue weighted by Gasteiger charge is -2.26. The SMILES string of the molecule is O=C(c1ncccc1C#CCCO)N1CCCCC1. The van der Waals surface area contributed by atoms with Crippen molar-refractivity contribution >= 4 is 5.91 Å². The topological polar surface area (TPSA) is 53.4 Å². The molecule has 19 heavy (non-hydrogen) atoms. The molecule has 4 nitrogen and oxygen atoms in total. The van der Waals surface area contributed by atoms with Crippen molar-refractivity contribution in [3.8, 4) is 11.8 Å². The monoisotopic (exact) mass is 258 g/mol. The van der Waals surface area contributed by atoms with Gasteiger partial charge in [0.15, 0.2) is 0 Å². The number of nitrogens with zero attached hydrogens (tertiary/aromatic N) is 2. The molecule has 0 unspecified atom stereocenters. The highest BCUT2D eigenvalue weighted by molar-refractivity contribution is 5.94. The molecule has 1 aromatic rings. The van der Waals surface area contributed by atoms with Crippen molar-refractivity contribution in [1.82, 2.24) is 9.88 Å². The van der Waals surface area contributed by atoms with Crippen LogP contribution in [-0.2, 0) is 0 Å². The third-order valence-corrected chi connectivity index (χ3v) is 3.11. The first-order valence-corrected chi connectivity index (χ1v) is 6.67. The number of amides is 1. The van der Waals surface area contributed by atoms with Crippen LogP contribution in [0.25, 0.3) is 0 Å². The van der Waals surface area contributed by atoms with Crippen molar-refractivity contribution in [2.24, 2.45) is 0 Å². The minimum Gasteiger partial charge on any atom is -0.395 e. The Morgan fingerprint density at radius 2 is 2.16 bits per heavy atom. The van der Waals surface area contributed by atoms with Gasteiger partial charge in [-0.2, -0.15) is 0 Å². The van der Waals surface area contributed by atoms with E-state index in [0.717, 1.165) is 25.9 Å². The number of rotatable bonds is 2. The number of aliphatic hydroxyl groups excluding tert-OH is 1. The van der Waals surface area contributed by atoms with Crippen LogP contribution >= 0.6 is 0 Å². The van der Waals surface area contributed by atoms with E-state index in [1.54, 1.807) is 18.3 Å². The molecule has 1 saturated heterocycles. The molecule has 1 aromatic heterocycles. The van der Waals surface area contributed by atoms with Crippen molar-refractivity contribution in [3.05, 3.63) is 29.6 Å². The fraction of sp³-hybridized carbons (Fsp3) is 0.467. The predicted octanol–water partition coefficient (Wildman–Crippen LogP) is 1.44. The first-order valence-electron chi connectivity index (χ1n) is 6.67. The number of hydrogen-bond donors (Lipinski definition) is 1. The van der Waals surface area contributed by atoms with Crippen molar-refractivity contribution < 1.29 is 9.90 Å². The molecule has 0 atom stereocenters. The Labute approximate surface area is 113 Å². The second-order valence-electron chi connectivity index (χ2n) is 4.53. The minimum atomic E-state index is -0.0337. The van der Waals surface area contributed by atoms with Gasteiger partial charge in [-0.05, 0) is 31.4 Å². The summed E-state index contributed by atoms with van der Waals surface area (Å²) in [4.78, 5) is 18.4. The molecule has 0 bridgehead atoms. The molecule has 2 heterocycles. The highest BCUT2D eigenvalue weighted by atomic mass is 16.2. The maximum atomic E-state index is 12.4. The van der Waals surface area contributed by atoms with Gasteiger partial charge in [-0.3, -0.25) is 4.79 Å². The number of pyridine rings is 1. The fourth-order valence-corrected chi connectivity index (χ4v) is 2.14. The summed E-state index contributed by atoms with van der Waals surface area (Å²) in [6.07, 6.45) is 5.34. The molecule has 4 heteroatoms. The summed E-state index contributed by atoms with van der Waals surface area (Å²) >= 11 is 0. The van der Waals surface area contributed by atoms with Crippen LogP contribution in [0.1, 0.15) is 41.7 Å². The lowest BCUT2D eigenvalue weighted by atomic mass is 10.1. The molecule has 0 aliphatic carbocycles. The minimum absolute atomic E-state index is 0.0304. The maximum Gasteiger partial charge on any atom is 0.273 e. The Morgan fingerprint density at radius 1 is 1.37 bits per heavy atom. The summed E-state index contributed by atoms with van der Waals surface area (Å²) in [5.74, 6) is 5.72. The molecular formula is C15H18N2O2. The quantitative estimate of drug-likeness (QED) is 0.817. The van der Waals surface area contributed by atoms with E-state index < -0.39 is 0 Å². The van der Waals surface area contributed by atoms with E-state index in [1.807, 2.05) is 4.90 Å². The largest absolute Gasteiger partial charge is 0.395 e. The van der Waals surface area contributed by atoms with Crippen molar-refractivity contribution in [1.29, 1.82) is 0 Å². The normalized spacial score (nSPS) is 14.7. The van der Waals surface area contributed by atoms with E-state index in [2.05, 4.69) is 16.8 Å². The van der Waals surface area contributed by atoms with Gasteiger partial charge in [0.25, 0.3) is 5.91 Å². The summed E-state index contributed by atoms with van der Waals surface area (Å²) in [6, 6.07) is 3.57. The van der Waals surface area contributed by atoms with Crippen LogP contribution in [0.15, 0.2) is 18.3 Å². The molecule has 1 aliphatic rings. The number of hydrogen-bond acceptors (Lipinski definition) is 3. The zero-order chi connectivity index (χ0) is 13.5. The predicted molar refractivity (Wildman–Crippen MR) is 72.6 cm³/mol.